The number of benzene rings is 2. The van der Waals surface area contributed by atoms with E-state index in [-0.39, 0.29) is 12.0 Å². The minimum absolute atomic E-state index is 0.120. The van der Waals surface area contributed by atoms with E-state index in [4.69, 9.17) is 4.74 Å². The number of nitriles is 1. The average Bonchev–Trinajstić information content (AvgIpc) is 2.61. The number of nitrogens with one attached hydrogen (secondary N) is 1. The van der Waals surface area contributed by atoms with Gasteiger partial charge in [0, 0.05) is 17.7 Å². The Bertz CT molecular complexity index is 720. The van der Waals surface area contributed by atoms with Gasteiger partial charge in [0.05, 0.1) is 13.2 Å². The minimum atomic E-state index is -1.10. The first-order valence-corrected chi connectivity index (χ1v) is 7.17. The molecule has 0 aliphatic rings. The highest BCUT2D eigenvalue weighted by molar-refractivity contribution is 5.88. The molecule has 4 heteroatoms. The number of carbonyl (C=O) groups is 1. The van der Waals surface area contributed by atoms with Gasteiger partial charge in [0.2, 0.25) is 0 Å². The molecule has 0 saturated heterocycles. The SMILES string of the molecule is C=C(CC(C#N)(Nc1ccccc1)c1ccccc1)C(=O)OC. The lowest BCUT2D eigenvalue weighted by Crippen LogP contribution is -2.35. The molecule has 0 radical (unpaired) electrons. The van der Waals surface area contributed by atoms with Gasteiger partial charge in [0.1, 0.15) is 0 Å². The van der Waals surface area contributed by atoms with E-state index in [1.807, 2.05) is 60.7 Å². The normalized spacial score (nSPS) is 12.5. The number of para-hydroxylation sites is 1. The number of esters is 1. The molecule has 0 bridgehead atoms. The fraction of sp³-hybridized carbons (Fsp3) is 0.158. The predicted molar refractivity (Wildman–Crippen MR) is 89.6 cm³/mol. The monoisotopic (exact) mass is 306 g/mol. The van der Waals surface area contributed by atoms with Crippen LogP contribution in [0, 0.1) is 11.3 Å². The second kappa shape index (κ2) is 7.28. The van der Waals surface area contributed by atoms with Crippen LogP contribution in [0.1, 0.15) is 12.0 Å². The highest BCUT2D eigenvalue weighted by atomic mass is 16.5. The van der Waals surface area contributed by atoms with Gasteiger partial charge in [-0.3, -0.25) is 0 Å². The summed E-state index contributed by atoms with van der Waals surface area (Å²) in [7, 11) is 1.30. The van der Waals surface area contributed by atoms with Crippen molar-refractivity contribution in [1.29, 1.82) is 5.26 Å². The Labute approximate surface area is 136 Å². The molecule has 0 heterocycles. The molecule has 1 atom stereocenters. The van der Waals surface area contributed by atoms with E-state index in [1.165, 1.54) is 7.11 Å². The Morgan fingerprint density at radius 2 is 1.74 bits per heavy atom. The first-order chi connectivity index (χ1) is 11.1. The molecule has 1 N–H and O–H groups in total. The Morgan fingerprint density at radius 3 is 2.26 bits per heavy atom. The molecule has 23 heavy (non-hydrogen) atoms. The van der Waals surface area contributed by atoms with Gasteiger partial charge in [0.15, 0.2) is 5.54 Å². The van der Waals surface area contributed by atoms with Crippen LogP contribution in [-0.4, -0.2) is 13.1 Å². The van der Waals surface area contributed by atoms with E-state index in [9.17, 15) is 10.1 Å². The number of carbonyl (C=O) groups excluding carboxylic acids is 1. The quantitative estimate of drug-likeness (QED) is 0.654. The molecule has 1 unspecified atom stereocenters. The molecule has 2 aromatic carbocycles. The minimum Gasteiger partial charge on any atom is -0.466 e. The number of methoxy groups -OCH3 is 1. The van der Waals surface area contributed by atoms with Gasteiger partial charge >= 0.3 is 5.97 Å². The molecular weight excluding hydrogens is 288 g/mol. The second-order valence-corrected chi connectivity index (χ2v) is 5.15. The van der Waals surface area contributed by atoms with Crippen molar-refractivity contribution in [2.24, 2.45) is 0 Å². The van der Waals surface area contributed by atoms with Crippen molar-refractivity contribution < 1.29 is 9.53 Å². The highest BCUT2D eigenvalue weighted by Crippen LogP contribution is 2.32. The van der Waals surface area contributed by atoms with Crippen LogP contribution in [0.4, 0.5) is 5.69 Å². The number of hydrogen-bond donors (Lipinski definition) is 1. The lowest BCUT2D eigenvalue weighted by molar-refractivity contribution is -0.136. The molecule has 0 saturated carbocycles. The molecule has 4 nitrogen and oxygen atoms in total. The van der Waals surface area contributed by atoms with Gasteiger partial charge in [-0.25, -0.2) is 4.79 Å². The number of nitrogens with zero attached hydrogens (tertiary/aromatic N) is 1. The van der Waals surface area contributed by atoms with E-state index in [0.29, 0.717) is 0 Å². The first kappa shape index (κ1) is 16.3. The lowest BCUT2D eigenvalue weighted by Gasteiger charge is -2.30. The second-order valence-electron chi connectivity index (χ2n) is 5.15. The number of rotatable bonds is 6. The van der Waals surface area contributed by atoms with Crippen LogP contribution in [0.5, 0.6) is 0 Å². The summed E-state index contributed by atoms with van der Waals surface area (Å²) in [6.07, 6.45) is 0.120. The summed E-state index contributed by atoms with van der Waals surface area (Å²) in [4.78, 5) is 11.7. The van der Waals surface area contributed by atoms with Crippen molar-refractivity contribution in [2.45, 2.75) is 12.0 Å². The van der Waals surface area contributed by atoms with Crippen molar-refractivity contribution in [1.82, 2.24) is 0 Å². The summed E-state index contributed by atoms with van der Waals surface area (Å²) in [6, 6.07) is 21.0. The molecule has 2 aromatic rings. The van der Waals surface area contributed by atoms with E-state index in [0.717, 1.165) is 11.3 Å². The van der Waals surface area contributed by atoms with E-state index >= 15 is 0 Å². The molecular formula is C19H18N2O2. The molecule has 0 aromatic heterocycles. The van der Waals surface area contributed by atoms with Gasteiger partial charge < -0.3 is 10.1 Å². The fourth-order valence-electron chi connectivity index (χ4n) is 2.38. The fourth-order valence-corrected chi connectivity index (χ4v) is 2.38. The van der Waals surface area contributed by atoms with Crippen LogP contribution >= 0.6 is 0 Å². The van der Waals surface area contributed by atoms with E-state index < -0.39 is 11.5 Å². The number of ether oxygens (including phenoxy) is 1. The Kier molecular flexibility index (Phi) is 5.16. The maximum atomic E-state index is 11.7. The maximum absolute atomic E-state index is 11.7. The van der Waals surface area contributed by atoms with Crippen LogP contribution in [-0.2, 0) is 15.1 Å². The molecule has 0 aliphatic carbocycles. The van der Waals surface area contributed by atoms with Gasteiger partial charge in [-0.15, -0.1) is 0 Å². The van der Waals surface area contributed by atoms with Crippen molar-refractivity contribution in [3.05, 3.63) is 78.4 Å². The van der Waals surface area contributed by atoms with Crippen LogP contribution in [0.15, 0.2) is 72.8 Å². The summed E-state index contributed by atoms with van der Waals surface area (Å²) in [6.45, 7) is 3.76. The molecule has 0 fully saturated rings. The molecule has 0 amide bonds. The third kappa shape index (κ3) is 3.78. The average molecular weight is 306 g/mol. The standard InChI is InChI=1S/C19H18N2O2/c1-15(18(22)23-2)13-19(14-20,16-9-5-3-6-10-16)21-17-11-7-4-8-12-17/h3-12,21H,1,13H2,2H3. The summed E-state index contributed by atoms with van der Waals surface area (Å²) in [5, 5.41) is 13.1. The van der Waals surface area contributed by atoms with Crippen molar-refractivity contribution in [2.75, 3.05) is 12.4 Å². The Hall–Kier alpha value is -3.06. The zero-order chi connectivity index (χ0) is 16.7. The van der Waals surface area contributed by atoms with Crippen LogP contribution < -0.4 is 5.32 Å². The van der Waals surface area contributed by atoms with E-state index in [2.05, 4.69) is 18.0 Å². The van der Waals surface area contributed by atoms with Crippen molar-refractivity contribution in [3.8, 4) is 6.07 Å². The Morgan fingerprint density at radius 1 is 1.17 bits per heavy atom. The summed E-state index contributed by atoms with van der Waals surface area (Å²) >= 11 is 0. The summed E-state index contributed by atoms with van der Waals surface area (Å²) < 4.78 is 4.71. The molecule has 0 spiro atoms. The molecule has 116 valence electrons. The molecule has 0 aliphatic heterocycles. The Balaban J connectivity index is 2.43. The lowest BCUT2D eigenvalue weighted by atomic mass is 9.84. The van der Waals surface area contributed by atoms with Gasteiger partial charge in [-0.1, -0.05) is 55.1 Å². The van der Waals surface area contributed by atoms with Crippen molar-refractivity contribution >= 4 is 11.7 Å². The smallest absolute Gasteiger partial charge is 0.333 e. The number of anilines is 1. The predicted octanol–water partition coefficient (Wildman–Crippen LogP) is 3.64. The summed E-state index contributed by atoms with van der Waals surface area (Å²) in [5.74, 6) is -0.518. The third-order valence-electron chi connectivity index (χ3n) is 3.54. The topological polar surface area (TPSA) is 62.1 Å². The molecule has 2 rings (SSSR count). The maximum Gasteiger partial charge on any atom is 0.333 e. The largest absolute Gasteiger partial charge is 0.466 e. The van der Waals surface area contributed by atoms with Crippen molar-refractivity contribution in [3.63, 3.8) is 0 Å². The zero-order valence-electron chi connectivity index (χ0n) is 13.0. The van der Waals surface area contributed by atoms with Crippen LogP contribution in [0.3, 0.4) is 0 Å². The van der Waals surface area contributed by atoms with Gasteiger partial charge in [0.25, 0.3) is 0 Å². The van der Waals surface area contributed by atoms with E-state index in [1.54, 1.807) is 0 Å². The first-order valence-electron chi connectivity index (χ1n) is 7.17. The number of hydrogen-bond acceptors (Lipinski definition) is 4. The van der Waals surface area contributed by atoms with Crippen LogP contribution in [0.25, 0.3) is 0 Å². The summed E-state index contributed by atoms with van der Waals surface area (Å²) in [5.41, 5.74) is 0.682. The van der Waals surface area contributed by atoms with Gasteiger partial charge in [-0.2, -0.15) is 5.26 Å². The van der Waals surface area contributed by atoms with Gasteiger partial charge in [-0.05, 0) is 17.7 Å². The highest BCUT2D eigenvalue weighted by Gasteiger charge is 2.34. The third-order valence-corrected chi connectivity index (χ3v) is 3.54. The zero-order valence-corrected chi connectivity index (χ0v) is 13.0. The van der Waals surface area contributed by atoms with Crippen LogP contribution in [0.2, 0.25) is 0 Å².